The average molecular weight is 315 g/mol. The van der Waals surface area contributed by atoms with Crippen molar-refractivity contribution in [3.05, 3.63) is 34.7 Å². The van der Waals surface area contributed by atoms with Crippen LogP contribution in [0.5, 0.6) is 0 Å². The molecule has 5 nitrogen and oxygen atoms in total. The average Bonchev–Trinajstić information content (AvgIpc) is 2.91. The first-order valence-electron chi connectivity index (χ1n) is 8.84. The van der Waals surface area contributed by atoms with Crippen molar-refractivity contribution >= 4 is 11.0 Å². The van der Waals surface area contributed by atoms with Gasteiger partial charge in [-0.1, -0.05) is 12.1 Å². The van der Waals surface area contributed by atoms with Crippen LogP contribution in [0, 0.1) is 0 Å². The fourth-order valence-electron chi connectivity index (χ4n) is 4.37. The minimum atomic E-state index is -0.0893. The number of fused-ring (bicyclic) bond motifs is 1. The maximum Gasteiger partial charge on any atom is 0.326 e. The van der Waals surface area contributed by atoms with E-state index in [4.69, 9.17) is 0 Å². The minimum Gasteiger partial charge on any atom is -0.393 e. The summed E-state index contributed by atoms with van der Waals surface area (Å²) in [6, 6.07) is 8.87. The molecule has 2 N–H and O–H groups in total. The number of aromatic amines is 1. The van der Waals surface area contributed by atoms with E-state index in [0.717, 1.165) is 62.6 Å². The van der Waals surface area contributed by atoms with E-state index in [1.54, 1.807) is 0 Å². The van der Waals surface area contributed by atoms with Crippen LogP contribution in [0.2, 0.25) is 0 Å². The van der Waals surface area contributed by atoms with Crippen molar-refractivity contribution in [2.45, 2.75) is 56.7 Å². The van der Waals surface area contributed by atoms with Gasteiger partial charge in [0.2, 0.25) is 0 Å². The van der Waals surface area contributed by atoms with Gasteiger partial charge in [0.05, 0.1) is 17.1 Å². The smallest absolute Gasteiger partial charge is 0.326 e. The van der Waals surface area contributed by atoms with E-state index in [9.17, 15) is 9.90 Å². The van der Waals surface area contributed by atoms with E-state index in [2.05, 4.69) is 9.88 Å². The van der Waals surface area contributed by atoms with Gasteiger partial charge < -0.3 is 15.0 Å². The van der Waals surface area contributed by atoms with Gasteiger partial charge in [0, 0.05) is 25.2 Å². The Morgan fingerprint density at radius 3 is 2.39 bits per heavy atom. The number of hydrogen-bond donors (Lipinski definition) is 2. The Balaban J connectivity index is 1.47. The molecule has 0 unspecified atom stereocenters. The lowest BCUT2D eigenvalue weighted by Crippen LogP contribution is -2.44. The Kier molecular flexibility index (Phi) is 3.99. The van der Waals surface area contributed by atoms with Gasteiger partial charge in [-0.25, -0.2) is 4.79 Å². The minimum absolute atomic E-state index is 0.0189. The Morgan fingerprint density at radius 1 is 0.957 bits per heavy atom. The number of para-hydroxylation sites is 2. The standard InChI is InChI=1S/C18H25N3O2/c22-15-7-5-13(6-8-15)20-11-9-14(10-12-20)21-17-4-2-1-3-16(17)19-18(21)23/h1-4,13-15,22H,5-12H2,(H,19,23). The fraction of sp³-hybridized carbons (Fsp3) is 0.611. The zero-order valence-electron chi connectivity index (χ0n) is 13.4. The number of H-pyrrole nitrogens is 1. The van der Waals surface area contributed by atoms with Crippen molar-refractivity contribution < 1.29 is 5.11 Å². The molecule has 23 heavy (non-hydrogen) atoms. The van der Waals surface area contributed by atoms with Crippen molar-refractivity contribution in [1.82, 2.24) is 14.5 Å². The summed E-state index contributed by atoms with van der Waals surface area (Å²) in [6.45, 7) is 2.11. The lowest BCUT2D eigenvalue weighted by molar-refractivity contribution is 0.0571. The van der Waals surface area contributed by atoms with Crippen molar-refractivity contribution in [3.8, 4) is 0 Å². The molecule has 2 heterocycles. The Labute approximate surface area is 135 Å². The molecule has 1 saturated heterocycles. The van der Waals surface area contributed by atoms with Gasteiger partial charge in [-0.3, -0.25) is 4.57 Å². The fourth-order valence-corrected chi connectivity index (χ4v) is 4.37. The third-order valence-electron chi connectivity index (χ3n) is 5.67. The third kappa shape index (κ3) is 2.83. The van der Waals surface area contributed by atoms with Crippen LogP contribution in [-0.2, 0) is 0 Å². The summed E-state index contributed by atoms with van der Waals surface area (Å²) < 4.78 is 1.96. The second-order valence-corrected chi connectivity index (χ2v) is 7.05. The molecule has 2 fully saturated rings. The second-order valence-electron chi connectivity index (χ2n) is 7.05. The summed E-state index contributed by atoms with van der Waals surface area (Å²) in [5, 5.41) is 9.66. The molecule has 2 aromatic rings. The summed E-state index contributed by atoms with van der Waals surface area (Å²) in [6.07, 6.45) is 6.06. The van der Waals surface area contributed by atoms with Crippen LogP contribution in [0.25, 0.3) is 11.0 Å². The number of nitrogens with zero attached hydrogens (tertiary/aromatic N) is 2. The van der Waals surface area contributed by atoms with Crippen LogP contribution in [0.3, 0.4) is 0 Å². The van der Waals surface area contributed by atoms with E-state index in [0.29, 0.717) is 12.1 Å². The molecule has 5 heteroatoms. The number of likely N-dealkylation sites (tertiary alicyclic amines) is 1. The van der Waals surface area contributed by atoms with Crippen LogP contribution in [0.1, 0.15) is 44.6 Å². The van der Waals surface area contributed by atoms with Crippen molar-refractivity contribution in [2.75, 3.05) is 13.1 Å². The molecular formula is C18H25N3O2. The van der Waals surface area contributed by atoms with Crippen molar-refractivity contribution in [3.63, 3.8) is 0 Å². The highest BCUT2D eigenvalue weighted by Gasteiger charge is 2.29. The number of piperidine rings is 1. The molecule has 0 radical (unpaired) electrons. The Bertz CT molecular complexity index is 719. The number of imidazole rings is 1. The highest BCUT2D eigenvalue weighted by atomic mass is 16.3. The number of aliphatic hydroxyl groups excluding tert-OH is 1. The maximum absolute atomic E-state index is 12.3. The number of benzene rings is 1. The monoisotopic (exact) mass is 315 g/mol. The van der Waals surface area contributed by atoms with Crippen LogP contribution in [-0.4, -0.2) is 44.8 Å². The zero-order valence-corrected chi connectivity index (χ0v) is 13.4. The topological polar surface area (TPSA) is 61.3 Å². The highest BCUT2D eigenvalue weighted by Crippen LogP contribution is 2.30. The molecule has 1 aromatic carbocycles. The zero-order chi connectivity index (χ0) is 15.8. The normalized spacial score (nSPS) is 27.5. The number of aromatic nitrogens is 2. The molecule has 0 spiro atoms. The predicted octanol–water partition coefficient (Wildman–Crippen LogP) is 2.27. The van der Waals surface area contributed by atoms with Gasteiger partial charge in [-0.15, -0.1) is 0 Å². The van der Waals surface area contributed by atoms with Crippen LogP contribution in [0.15, 0.2) is 29.1 Å². The van der Waals surface area contributed by atoms with E-state index in [1.165, 1.54) is 0 Å². The molecule has 2 aliphatic rings. The number of nitrogens with one attached hydrogen (secondary N) is 1. The number of aliphatic hydroxyl groups is 1. The van der Waals surface area contributed by atoms with E-state index < -0.39 is 0 Å². The third-order valence-corrected chi connectivity index (χ3v) is 5.67. The first-order valence-corrected chi connectivity index (χ1v) is 8.84. The molecule has 124 valence electrons. The largest absolute Gasteiger partial charge is 0.393 e. The van der Waals surface area contributed by atoms with Gasteiger partial charge >= 0.3 is 5.69 Å². The molecule has 1 aromatic heterocycles. The number of hydrogen-bond acceptors (Lipinski definition) is 3. The molecule has 1 aliphatic carbocycles. The van der Waals surface area contributed by atoms with Gasteiger partial charge in [-0.05, 0) is 50.7 Å². The summed E-state index contributed by atoms with van der Waals surface area (Å²) >= 11 is 0. The summed E-state index contributed by atoms with van der Waals surface area (Å²) in [5.74, 6) is 0. The molecule has 1 aliphatic heterocycles. The van der Waals surface area contributed by atoms with E-state index in [-0.39, 0.29) is 11.8 Å². The highest BCUT2D eigenvalue weighted by molar-refractivity contribution is 5.75. The van der Waals surface area contributed by atoms with Crippen LogP contribution >= 0.6 is 0 Å². The SMILES string of the molecule is O=c1[nH]c2ccccc2n1C1CCN(C2CCC(O)CC2)CC1. The van der Waals surface area contributed by atoms with Gasteiger partial charge in [0.25, 0.3) is 0 Å². The predicted molar refractivity (Wildman–Crippen MR) is 90.7 cm³/mol. The molecule has 1 saturated carbocycles. The molecule has 0 bridgehead atoms. The summed E-state index contributed by atoms with van der Waals surface area (Å²) in [4.78, 5) is 17.9. The maximum atomic E-state index is 12.3. The first kappa shape index (κ1) is 15.0. The Hall–Kier alpha value is -1.59. The quantitative estimate of drug-likeness (QED) is 0.894. The molecular weight excluding hydrogens is 290 g/mol. The van der Waals surface area contributed by atoms with Crippen molar-refractivity contribution in [1.29, 1.82) is 0 Å². The lowest BCUT2D eigenvalue weighted by Gasteiger charge is -2.40. The second kappa shape index (κ2) is 6.13. The van der Waals surface area contributed by atoms with E-state index in [1.807, 2.05) is 28.8 Å². The lowest BCUT2D eigenvalue weighted by atomic mass is 9.90. The Morgan fingerprint density at radius 2 is 1.65 bits per heavy atom. The summed E-state index contributed by atoms with van der Waals surface area (Å²) in [5.41, 5.74) is 1.98. The van der Waals surface area contributed by atoms with Crippen LogP contribution < -0.4 is 5.69 Å². The number of rotatable bonds is 2. The first-order chi connectivity index (χ1) is 11.2. The molecule has 4 rings (SSSR count). The van der Waals surface area contributed by atoms with Gasteiger partial charge in [-0.2, -0.15) is 0 Å². The van der Waals surface area contributed by atoms with Crippen LogP contribution in [0.4, 0.5) is 0 Å². The summed E-state index contributed by atoms with van der Waals surface area (Å²) in [7, 11) is 0. The van der Waals surface area contributed by atoms with Crippen molar-refractivity contribution in [2.24, 2.45) is 0 Å². The van der Waals surface area contributed by atoms with E-state index >= 15 is 0 Å². The van der Waals surface area contributed by atoms with Gasteiger partial charge in [0.1, 0.15) is 0 Å². The molecule has 0 atom stereocenters. The van der Waals surface area contributed by atoms with Gasteiger partial charge in [0.15, 0.2) is 0 Å². The molecule has 0 amide bonds.